The van der Waals surface area contributed by atoms with Crippen molar-refractivity contribution in [1.29, 1.82) is 5.41 Å². The highest BCUT2D eigenvalue weighted by molar-refractivity contribution is 7.99. The molecule has 1 unspecified atom stereocenters. The Balaban J connectivity index is 0.00000264. The standard InChI is InChI=1S/C17H19N3OS.ClH/c1-22-15(13-5-3-2-4-6-13)17(21)20-11-12-7-9-14(10-8-12)16(18)19;/h2-10,15H,11H2,1H3,(H3,18,19)(H,20,21);1H. The predicted octanol–water partition coefficient (Wildman–Crippen LogP) is 3.11. The van der Waals surface area contributed by atoms with Gasteiger partial charge in [0.25, 0.3) is 0 Å². The van der Waals surface area contributed by atoms with Gasteiger partial charge in [-0.2, -0.15) is 0 Å². The van der Waals surface area contributed by atoms with Crippen LogP contribution in [-0.2, 0) is 11.3 Å². The van der Waals surface area contributed by atoms with Gasteiger partial charge < -0.3 is 11.1 Å². The van der Waals surface area contributed by atoms with Crippen LogP contribution in [0.3, 0.4) is 0 Å². The van der Waals surface area contributed by atoms with Gasteiger partial charge in [-0.05, 0) is 17.4 Å². The third kappa shape index (κ3) is 5.30. The summed E-state index contributed by atoms with van der Waals surface area (Å²) in [5.41, 5.74) is 8.08. The second-order valence-corrected chi connectivity index (χ2v) is 5.80. The van der Waals surface area contributed by atoms with Gasteiger partial charge in [-0.25, -0.2) is 0 Å². The van der Waals surface area contributed by atoms with Gasteiger partial charge in [0.1, 0.15) is 11.1 Å². The van der Waals surface area contributed by atoms with Crippen LogP contribution in [0.15, 0.2) is 54.6 Å². The zero-order valence-electron chi connectivity index (χ0n) is 12.8. The predicted molar refractivity (Wildman–Crippen MR) is 99.3 cm³/mol. The molecule has 0 radical (unpaired) electrons. The van der Waals surface area contributed by atoms with Crippen LogP contribution in [0.1, 0.15) is 21.9 Å². The first-order valence-corrected chi connectivity index (χ1v) is 8.19. The largest absolute Gasteiger partial charge is 0.384 e. The van der Waals surface area contributed by atoms with Crippen molar-refractivity contribution in [3.63, 3.8) is 0 Å². The first-order valence-electron chi connectivity index (χ1n) is 6.90. The fourth-order valence-corrected chi connectivity index (χ4v) is 2.83. The van der Waals surface area contributed by atoms with Crippen molar-refractivity contribution in [2.75, 3.05) is 6.26 Å². The Hall–Kier alpha value is -1.98. The van der Waals surface area contributed by atoms with E-state index in [1.54, 1.807) is 12.1 Å². The van der Waals surface area contributed by atoms with Gasteiger partial charge in [-0.1, -0.05) is 54.6 Å². The highest BCUT2D eigenvalue weighted by Gasteiger charge is 2.18. The molecule has 0 saturated heterocycles. The smallest absolute Gasteiger partial charge is 0.237 e. The van der Waals surface area contributed by atoms with Gasteiger partial charge in [-0.3, -0.25) is 10.2 Å². The van der Waals surface area contributed by atoms with E-state index in [4.69, 9.17) is 11.1 Å². The van der Waals surface area contributed by atoms with Crippen LogP contribution in [0.25, 0.3) is 0 Å². The number of halogens is 1. The maximum Gasteiger partial charge on any atom is 0.237 e. The van der Waals surface area contributed by atoms with Gasteiger partial charge in [-0.15, -0.1) is 24.2 Å². The lowest BCUT2D eigenvalue weighted by Crippen LogP contribution is -2.27. The number of nitrogen functional groups attached to an aromatic ring is 1. The number of amides is 1. The Morgan fingerprint density at radius 3 is 2.30 bits per heavy atom. The molecule has 0 saturated carbocycles. The lowest BCUT2D eigenvalue weighted by Gasteiger charge is -2.15. The van der Waals surface area contributed by atoms with Crippen molar-refractivity contribution in [1.82, 2.24) is 5.32 Å². The van der Waals surface area contributed by atoms with E-state index in [9.17, 15) is 4.79 Å². The number of rotatable bonds is 6. The summed E-state index contributed by atoms with van der Waals surface area (Å²) in [5.74, 6) is 0.0384. The molecule has 4 nitrogen and oxygen atoms in total. The molecule has 0 heterocycles. The van der Waals surface area contributed by atoms with E-state index in [-0.39, 0.29) is 29.4 Å². The molecule has 6 heteroatoms. The summed E-state index contributed by atoms with van der Waals surface area (Å²) in [5, 5.41) is 10.1. The molecule has 122 valence electrons. The number of carbonyl (C=O) groups is 1. The second kappa shape index (κ2) is 9.22. The molecule has 1 atom stereocenters. The third-order valence-electron chi connectivity index (χ3n) is 3.31. The number of nitrogens with two attached hydrogens (primary N) is 1. The lowest BCUT2D eigenvalue weighted by molar-refractivity contribution is -0.120. The lowest BCUT2D eigenvalue weighted by atomic mass is 10.1. The van der Waals surface area contributed by atoms with E-state index in [2.05, 4.69) is 5.32 Å². The van der Waals surface area contributed by atoms with Crippen LogP contribution < -0.4 is 11.1 Å². The number of hydrogen-bond acceptors (Lipinski definition) is 3. The molecular formula is C17H20ClN3OS. The summed E-state index contributed by atoms with van der Waals surface area (Å²) < 4.78 is 0. The molecule has 2 aromatic rings. The molecule has 0 spiro atoms. The minimum Gasteiger partial charge on any atom is -0.384 e. The molecule has 0 aliphatic carbocycles. The van der Waals surface area contributed by atoms with Gasteiger partial charge in [0, 0.05) is 12.1 Å². The fraction of sp³-hybridized carbons (Fsp3) is 0.176. The fourth-order valence-electron chi connectivity index (χ4n) is 2.11. The Bertz CT molecular complexity index is 647. The molecule has 0 fully saturated rings. The number of benzene rings is 2. The molecule has 23 heavy (non-hydrogen) atoms. The molecule has 0 aliphatic heterocycles. The van der Waals surface area contributed by atoms with Crippen LogP contribution in [0.4, 0.5) is 0 Å². The summed E-state index contributed by atoms with van der Waals surface area (Å²) in [6.45, 7) is 0.459. The van der Waals surface area contributed by atoms with Crippen molar-refractivity contribution in [3.05, 3.63) is 71.3 Å². The zero-order valence-corrected chi connectivity index (χ0v) is 14.4. The van der Waals surface area contributed by atoms with Crippen LogP contribution >= 0.6 is 24.2 Å². The number of hydrogen-bond donors (Lipinski definition) is 3. The molecule has 2 aromatic carbocycles. The Kier molecular flexibility index (Phi) is 7.65. The van der Waals surface area contributed by atoms with Crippen molar-refractivity contribution >= 4 is 35.9 Å². The summed E-state index contributed by atoms with van der Waals surface area (Å²) >= 11 is 1.52. The number of carbonyl (C=O) groups excluding carboxylic acids is 1. The van der Waals surface area contributed by atoms with E-state index in [0.29, 0.717) is 12.1 Å². The normalized spacial score (nSPS) is 11.2. The minimum atomic E-state index is -0.210. The van der Waals surface area contributed by atoms with E-state index < -0.39 is 0 Å². The maximum atomic E-state index is 12.3. The zero-order chi connectivity index (χ0) is 15.9. The van der Waals surface area contributed by atoms with E-state index in [0.717, 1.165) is 11.1 Å². The number of nitrogens with one attached hydrogen (secondary N) is 2. The quantitative estimate of drug-likeness (QED) is 0.553. The van der Waals surface area contributed by atoms with Crippen molar-refractivity contribution in [2.45, 2.75) is 11.8 Å². The monoisotopic (exact) mass is 349 g/mol. The van der Waals surface area contributed by atoms with E-state index >= 15 is 0 Å². The second-order valence-electron chi connectivity index (χ2n) is 4.85. The Labute approximate surface area is 146 Å². The summed E-state index contributed by atoms with van der Waals surface area (Å²) in [6.07, 6.45) is 1.93. The van der Waals surface area contributed by atoms with Crippen molar-refractivity contribution in [2.24, 2.45) is 5.73 Å². The molecule has 2 rings (SSSR count). The summed E-state index contributed by atoms with van der Waals surface area (Å²) in [4.78, 5) is 12.3. The van der Waals surface area contributed by atoms with E-state index in [1.165, 1.54) is 11.8 Å². The highest BCUT2D eigenvalue weighted by atomic mass is 35.5. The van der Waals surface area contributed by atoms with Crippen LogP contribution in [0, 0.1) is 5.41 Å². The molecule has 0 aromatic heterocycles. The van der Waals surface area contributed by atoms with Crippen molar-refractivity contribution < 1.29 is 4.79 Å². The Morgan fingerprint density at radius 1 is 1.17 bits per heavy atom. The van der Waals surface area contributed by atoms with Crippen molar-refractivity contribution in [3.8, 4) is 0 Å². The molecule has 1 amide bonds. The average molecular weight is 350 g/mol. The van der Waals surface area contributed by atoms with Gasteiger partial charge >= 0.3 is 0 Å². The Morgan fingerprint density at radius 2 is 1.78 bits per heavy atom. The maximum absolute atomic E-state index is 12.3. The van der Waals surface area contributed by atoms with Crippen LogP contribution in [0.2, 0.25) is 0 Å². The molecule has 0 aliphatic rings. The first kappa shape index (κ1) is 19.1. The molecular weight excluding hydrogens is 330 g/mol. The van der Waals surface area contributed by atoms with E-state index in [1.807, 2.05) is 48.7 Å². The summed E-state index contributed by atoms with van der Waals surface area (Å²) in [6, 6.07) is 17.0. The number of amidine groups is 1. The third-order valence-corrected chi connectivity index (χ3v) is 4.27. The molecule has 4 N–H and O–H groups in total. The topological polar surface area (TPSA) is 79.0 Å². The van der Waals surface area contributed by atoms with Crippen LogP contribution in [-0.4, -0.2) is 18.0 Å². The first-order chi connectivity index (χ1) is 10.6. The minimum absolute atomic E-state index is 0. The van der Waals surface area contributed by atoms with Gasteiger partial charge in [0.05, 0.1) is 0 Å². The van der Waals surface area contributed by atoms with Crippen LogP contribution in [0.5, 0.6) is 0 Å². The van der Waals surface area contributed by atoms with Gasteiger partial charge in [0.15, 0.2) is 0 Å². The molecule has 0 bridgehead atoms. The SMILES string of the molecule is CSC(C(=O)NCc1ccc(C(=N)N)cc1)c1ccccc1.Cl. The average Bonchev–Trinajstić information content (AvgIpc) is 2.55. The highest BCUT2D eigenvalue weighted by Crippen LogP contribution is 2.26. The number of thioether (sulfide) groups is 1. The van der Waals surface area contributed by atoms with Gasteiger partial charge in [0.2, 0.25) is 5.91 Å². The summed E-state index contributed by atoms with van der Waals surface area (Å²) in [7, 11) is 0.